The Kier molecular flexibility index (Phi) is 2.84. The summed E-state index contributed by atoms with van der Waals surface area (Å²) in [6.07, 6.45) is -0.993. The van der Waals surface area contributed by atoms with Crippen LogP contribution in [0.4, 0.5) is 0 Å². The van der Waals surface area contributed by atoms with Crippen LogP contribution in [0, 0.1) is 17.2 Å². The Morgan fingerprint density at radius 2 is 2.00 bits per heavy atom. The number of aliphatic hydroxyl groups excluding tert-OH is 1. The molecule has 1 atom stereocenters. The van der Waals surface area contributed by atoms with Crippen LogP contribution < -0.4 is 0 Å². The van der Waals surface area contributed by atoms with Gasteiger partial charge in [-0.15, -0.1) is 0 Å². The van der Waals surface area contributed by atoms with Crippen LogP contribution in [0.5, 0.6) is 0 Å². The highest BCUT2D eigenvalue weighted by Crippen LogP contribution is 2.16. The molecule has 1 rings (SSSR count). The van der Waals surface area contributed by atoms with Crippen molar-refractivity contribution >= 4 is 0 Å². The number of benzene rings is 1. The Bertz CT molecular complexity index is 276. The SMILES string of the molecule is C[C](c1ccccc1)C(O)C#N. The summed E-state index contributed by atoms with van der Waals surface area (Å²) >= 11 is 0. The van der Waals surface area contributed by atoms with Crippen LogP contribution in [0.2, 0.25) is 0 Å². The van der Waals surface area contributed by atoms with E-state index in [0.717, 1.165) is 5.56 Å². The third kappa shape index (κ3) is 1.84. The molecule has 0 aliphatic carbocycles. The Labute approximate surface area is 72.1 Å². The number of hydrogen-bond donors (Lipinski definition) is 1. The Hall–Kier alpha value is -1.33. The Morgan fingerprint density at radius 1 is 1.42 bits per heavy atom. The van der Waals surface area contributed by atoms with E-state index in [1.807, 2.05) is 30.3 Å². The minimum Gasteiger partial charge on any atom is -0.377 e. The molecule has 0 fully saturated rings. The average Bonchev–Trinajstić information content (AvgIpc) is 2.17. The van der Waals surface area contributed by atoms with Crippen molar-refractivity contribution in [2.75, 3.05) is 0 Å². The van der Waals surface area contributed by atoms with Gasteiger partial charge in [0.05, 0.1) is 6.07 Å². The number of aliphatic hydroxyl groups is 1. The molecule has 0 saturated carbocycles. The minimum absolute atomic E-state index is 0.693. The lowest BCUT2D eigenvalue weighted by Gasteiger charge is -2.10. The van der Waals surface area contributed by atoms with E-state index in [1.165, 1.54) is 0 Å². The molecule has 1 aromatic carbocycles. The predicted octanol–water partition coefficient (Wildman–Crippen LogP) is 1.51. The van der Waals surface area contributed by atoms with Crippen LogP contribution in [-0.2, 0) is 0 Å². The van der Waals surface area contributed by atoms with Crippen LogP contribution in [0.1, 0.15) is 12.5 Å². The van der Waals surface area contributed by atoms with Gasteiger partial charge in [-0.25, -0.2) is 0 Å². The van der Waals surface area contributed by atoms with Crippen LogP contribution in [0.3, 0.4) is 0 Å². The molecule has 0 saturated heterocycles. The zero-order valence-corrected chi connectivity index (χ0v) is 6.86. The zero-order valence-electron chi connectivity index (χ0n) is 6.86. The second-order valence-corrected chi connectivity index (χ2v) is 2.58. The molecule has 2 nitrogen and oxygen atoms in total. The smallest absolute Gasteiger partial charge is 0.150 e. The third-order valence-electron chi connectivity index (χ3n) is 1.76. The molecule has 2 heteroatoms. The van der Waals surface area contributed by atoms with E-state index in [0.29, 0.717) is 5.92 Å². The van der Waals surface area contributed by atoms with E-state index in [2.05, 4.69) is 0 Å². The van der Waals surface area contributed by atoms with Crippen LogP contribution in [0.25, 0.3) is 0 Å². The van der Waals surface area contributed by atoms with Gasteiger partial charge in [0.15, 0.2) is 6.10 Å². The second kappa shape index (κ2) is 3.89. The van der Waals surface area contributed by atoms with Gasteiger partial charge in [-0.3, -0.25) is 0 Å². The molecule has 12 heavy (non-hydrogen) atoms. The van der Waals surface area contributed by atoms with E-state index in [-0.39, 0.29) is 0 Å². The van der Waals surface area contributed by atoms with Gasteiger partial charge in [-0.05, 0) is 5.56 Å². The zero-order chi connectivity index (χ0) is 8.97. The van der Waals surface area contributed by atoms with E-state index in [9.17, 15) is 5.11 Å². The fraction of sp³-hybridized carbons (Fsp3) is 0.200. The first-order chi connectivity index (χ1) is 5.75. The van der Waals surface area contributed by atoms with Gasteiger partial charge >= 0.3 is 0 Å². The Balaban J connectivity index is 2.80. The fourth-order valence-electron chi connectivity index (χ4n) is 0.956. The van der Waals surface area contributed by atoms with Gasteiger partial charge in [0.2, 0.25) is 0 Å². The molecule has 61 valence electrons. The minimum atomic E-state index is -0.993. The van der Waals surface area contributed by atoms with Crippen molar-refractivity contribution in [2.45, 2.75) is 13.0 Å². The molecular weight excluding hydrogens is 150 g/mol. The van der Waals surface area contributed by atoms with Crippen LogP contribution in [-0.4, -0.2) is 11.2 Å². The summed E-state index contributed by atoms with van der Waals surface area (Å²) in [5, 5.41) is 17.6. The highest BCUT2D eigenvalue weighted by molar-refractivity contribution is 5.33. The molecule has 0 aromatic heterocycles. The summed E-state index contributed by atoms with van der Waals surface area (Å²) in [6.45, 7) is 1.75. The molecule has 0 heterocycles. The molecule has 1 N–H and O–H groups in total. The Morgan fingerprint density at radius 3 is 2.50 bits per heavy atom. The van der Waals surface area contributed by atoms with Crippen molar-refractivity contribution in [3.63, 3.8) is 0 Å². The summed E-state index contributed by atoms with van der Waals surface area (Å²) in [5.41, 5.74) is 0.909. The summed E-state index contributed by atoms with van der Waals surface area (Å²) in [7, 11) is 0. The molecule has 1 unspecified atom stereocenters. The van der Waals surface area contributed by atoms with Gasteiger partial charge in [0.25, 0.3) is 0 Å². The number of nitriles is 1. The molecule has 0 amide bonds. The lowest BCUT2D eigenvalue weighted by atomic mass is 9.96. The molecular formula is C10H10NO. The third-order valence-corrected chi connectivity index (χ3v) is 1.76. The molecule has 0 spiro atoms. The summed E-state index contributed by atoms with van der Waals surface area (Å²) in [6, 6.07) is 11.2. The first-order valence-corrected chi connectivity index (χ1v) is 3.72. The fourth-order valence-corrected chi connectivity index (χ4v) is 0.956. The van der Waals surface area contributed by atoms with Gasteiger partial charge in [-0.2, -0.15) is 5.26 Å². The van der Waals surface area contributed by atoms with Crippen molar-refractivity contribution in [1.82, 2.24) is 0 Å². The molecule has 1 aromatic rings. The van der Waals surface area contributed by atoms with Crippen molar-refractivity contribution in [3.05, 3.63) is 41.8 Å². The maximum Gasteiger partial charge on any atom is 0.150 e. The van der Waals surface area contributed by atoms with Gasteiger partial charge in [-0.1, -0.05) is 37.3 Å². The van der Waals surface area contributed by atoms with Gasteiger partial charge in [0, 0.05) is 5.92 Å². The first kappa shape index (κ1) is 8.76. The summed E-state index contributed by atoms with van der Waals surface area (Å²) in [5.74, 6) is 0.693. The summed E-state index contributed by atoms with van der Waals surface area (Å²) in [4.78, 5) is 0. The van der Waals surface area contributed by atoms with E-state index >= 15 is 0 Å². The summed E-state index contributed by atoms with van der Waals surface area (Å²) < 4.78 is 0. The average molecular weight is 160 g/mol. The number of nitrogens with zero attached hydrogens (tertiary/aromatic N) is 1. The second-order valence-electron chi connectivity index (χ2n) is 2.58. The normalized spacial score (nSPS) is 12.5. The largest absolute Gasteiger partial charge is 0.377 e. The standard InChI is InChI=1S/C10H10NO/c1-8(10(12)7-11)9-5-3-2-4-6-9/h2-6,10,12H,1H3. The van der Waals surface area contributed by atoms with Crippen molar-refractivity contribution in [2.24, 2.45) is 0 Å². The lowest BCUT2D eigenvalue weighted by molar-refractivity contribution is 0.248. The maximum absolute atomic E-state index is 9.18. The molecule has 0 aliphatic rings. The highest BCUT2D eigenvalue weighted by atomic mass is 16.3. The predicted molar refractivity (Wildman–Crippen MR) is 46.1 cm³/mol. The van der Waals surface area contributed by atoms with E-state index in [1.54, 1.807) is 13.0 Å². The molecule has 0 aliphatic heterocycles. The first-order valence-electron chi connectivity index (χ1n) is 3.72. The lowest BCUT2D eigenvalue weighted by Crippen LogP contribution is -2.13. The van der Waals surface area contributed by atoms with Gasteiger partial charge in [0.1, 0.15) is 0 Å². The monoisotopic (exact) mass is 160 g/mol. The number of hydrogen-bond acceptors (Lipinski definition) is 2. The quantitative estimate of drug-likeness (QED) is 0.666. The number of rotatable bonds is 2. The van der Waals surface area contributed by atoms with E-state index < -0.39 is 6.10 Å². The van der Waals surface area contributed by atoms with Gasteiger partial charge < -0.3 is 5.11 Å². The van der Waals surface area contributed by atoms with Crippen LogP contribution in [0.15, 0.2) is 30.3 Å². The topological polar surface area (TPSA) is 44.0 Å². The van der Waals surface area contributed by atoms with Crippen molar-refractivity contribution in [1.29, 1.82) is 5.26 Å². The van der Waals surface area contributed by atoms with Crippen molar-refractivity contribution in [3.8, 4) is 6.07 Å². The highest BCUT2D eigenvalue weighted by Gasteiger charge is 2.14. The van der Waals surface area contributed by atoms with Crippen LogP contribution >= 0.6 is 0 Å². The molecule has 0 bridgehead atoms. The maximum atomic E-state index is 9.18. The van der Waals surface area contributed by atoms with E-state index in [4.69, 9.17) is 5.26 Å². The molecule has 1 radical (unpaired) electrons. The van der Waals surface area contributed by atoms with Crippen molar-refractivity contribution < 1.29 is 5.11 Å².